The normalized spacial score (nSPS) is 14.0. The van der Waals surface area contributed by atoms with Gasteiger partial charge in [-0.05, 0) is 31.9 Å². The van der Waals surface area contributed by atoms with Crippen LogP contribution in [0.15, 0.2) is 23.6 Å². The van der Waals surface area contributed by atoms with Gasteiger partial charge in [-0.25, -0.2) is 4.39 Å². The first-order valence-corrected chi connectivity index (χ1v) is 3.73. The Morgan fingerprint density at radius 3 is 2.40 bits per heavy atom. The van der Waals surface area contributed by atoms with Gasteiger partial charge in [0.1, 0.15) is 5.83 Å². The summed E-state index contributed by atoms with van der Waals surface area (Å²) in [5.74, 6) is -0.109. The van der Waals surface area contributed by atoms with Crippen LogP contribution in [0.1, 0.15) is 33.6 Å². The van der Waals surface area contributed by atoms with Crippen molar-refractivity contribution in [3.8, 4) is 0 Å². The Hall–Kier alpha value is -0.590. The van der Waals surface area contributed by atoms with Gasteiger partial charge in [0, 0.05) is 0 Å². The minimum absolute atomic E-state index is 0.109. The summed E-state index contributed by atoms with van der Waals surface area (Å²) in [6.07, 6.45) is 4.85. The van der Waals surface area contributed by atoms with Crippen LogP contribution in [0.2, 0.25) is 0 Å². The molecule has 0 saturated carbocycles. The number of hydrogen-bond acceptors (Lipinski definition) is 0. The second-order valence-electron chi connectivity index (χ2n) is 2.34. The fourth-order valence-electron chi connectivity index (χ4n) is 0.591. The first kappa shape index (κ1) is 9.41. The predicted molar refractivity (Wildman–Crippen MR) is 43.5 cm³/mol. The average Bonchev–Trinajstić information content (AvgIpc) is 1.88. The zero-order valence-corrected chi connectivity index (χ0v) is 6.95. The lowest BCUT2D eigenvalue weighted by Crippen LogP contribution is -1.72. The van der Waals surface area contributed by atoms with Crippen molar-refractivity contribution in [1.82, 2.24) is 0 Å². The SMILES string of the molecule is CCC=C(F)C=C(C)CC. The molecule has 0 amide bonds. The van der Waals surface area contributed by atoms with E-state index in [1.807, 2.05) is 20.8 Å². The largest absolute Gasteiger partial charge is 0.207 e. The molecule has 10 heavy (non-hydrogen) atoms. The van der Waals surface area contributed by atoms with Crippen LogP contribution in [-0.4, -0.2) is 0 Å². The highest BCUT2D eigenvalue weighted by atomic mass is 19.1. The molecule has 0 saturated heterocycles. The predicted octanol–water partition coefficient (Wildman–Crippen LogP) is 3.61. The lowest BCUT2D eigenvalue weighted by molar-refractivity contribution is 0.658. The van der Waals surface area contributed by atoms with E-state index in [9.17, 15) is 4.39 Å². The summed E-state index contributed by atoms with van der Waals surface area (Å²) in [4.78, 5) is 0. The third-order valence-electron chi connectivity index (χ3n) is 1.34. The van der Waals surface area contributed by atoms with Gasteiger partial charge >= 0.3 is 0 Å². The monoisotopic (exact) mass is 142 g/mol. The summed E-state index contributed by atoms with van der Waals surface area (Å²) in [7, 11) is 0. The second-order valence-corrected chi connectivity index (χ2v) is 2.34. The molecule has 0 unspecified atom stereocenters. The van der Waals surface area contributed by atoms with Crippen molar-refractivity contribution in [1.29, 1.82) is 0 Å². The van der Waals surface area contributed by atoms with E-state index in [1.54, 1.807) is 12.2 Å². The first-order valence-electron chi connectivity index (χ1n) is 3.73. The van der Waals surface area contributed by atoms with Crippen molar-refractivity contribution in [2.45, 2.75) is 33.6 Å². The van der Waals surface area contributed by atoms with Crippen LogP contribution in [0, 0.1) is 0 Å². The molecule has 0 nitrogen and oxygen atoms in total. The Labute approximate surface area is 62.4 Å². The maximum Gasteiger partial charge on any atom is 0.119 e. The highest BCUT2D eigenvalue weighted by Gasteiger charge is 1.87. The zero-order chi connectivity index (χ0) is 7.98. The van der Waals surface area contributed by atoms with Gasteiger partial charge in [-0.3, -0.25) is 0 Å². The van der Waals surface area contributed by atoms with Crippen LogP contribution in [0.5, 0.6) is 0 Å². The van der Waals surface area contributed by atoms with Crippen molar-refractivity contribution < 1.29 is 4.39 Å². The maximum atomic E-state index is 12.6. The van der Waals surface area contributed by atoms with Crippen LogP contribution in [0.3, 0.4) is 0 Å². The lowest BCUT2D eigenvalue weighted by atomic mass is 10.2. The Kier molecular flexibility index (Phi) is 4.91. The summed E-state index contributed by atoms with van der Waals surface area (Å²) in [5.41, 5.74) is 1.09. The van der Waals surface area contributed by atoms with Gasteiger partial charge in [0.2, 0.25) is 0 Å². The summed E-state index contributed by atoms with van der Waals surface area (Å²) >= 11 is 0. The number of allylic oxidation sites excluding steroid dienone is 4. The van der Waals surface area contributed by atoms with Crippen LogP contribution in [0.25, 0.3) is 0 Å². The van der Waals surface area contributed by atoms with Crippen LogP contribution in [0.4, 0.5) is 4.39 Å². The van der Waals surface area contributed by atoms with Gasteiger partial charge in [0.25, 0.3) is 0 Å². The molecule has 1 heteroatoms. The van der Waals surface area contributed by atoms with E-state index in [0.29, 0.717) is 0 Å². The molecule has 0 fully saturated rings. The first-order chi connectivity index (χ1) is 4.70. The van der Waals surface area contributed by atoms with Crippen LogP contribution < -0.4 is 0 Å². The van der Waals surface area contributed by atoms with Gasteiger partial charge in [0.15, 0.2) is 0 Å². The van der Waals surface area contributed by atoms with E-state index in [2.05, 4.69) is 0 Å². The molecule has 0 atom stereocenters. The van der Waals surface area contributed by atoms with E-state index in [0.717, 1.165) is 18.4 Å². The molecule has 0 aromatic carbocycles. The van der Waals surface area contributed by atoms with E-state index >= 15 is 0 Å². The molecule has 0 aromatic rings. The number of halogens is 1. The summed E-state index contributed by atoms with van der Waals surface area (Å²) < 4.78 is 12.6. The smallest absolute Gasteiger partial charge is 0.119 e. The lowest BCUT2D eigenvalue weighted by Gasteiger charge is -1.91. The molecule has 0 aliphatic heterocycles. The molecule has 0 bridgehead atoms. The summed E-state index contributed by atoms with van der Waals surface area (Å²) in [6, 6.07) is 0. The summed E-state index contributed by atoms with van der Waals surface area (Å²) in [6.45, 7) is 5.88. The minimum Gasteiger partial charge on any atom is -0.207 e. The fourth-order valence-corrected chi connectivity index (χ4v) is 0.591. The van der Waals surface area contributed by atoms with Crippen molar-refractivity contribution in [3.63, 3.8) is 0 Å². The summed E-state index contributed by atoms with van der Waals surface area (Å²) in [5, 5.41) is 0. The minimum atomic E-state index is -0.109. The van der Waals surface area contributed by atoms with Gasteiger partial charge in [0.05, 0.1) is 0 Å². The van der Waals surface area contributed by atoms with Gasteiger partial charge in [-0.2, -0.15) is 0 Å². The standard InChI is InChI=1S/C9H15F/c1-4-6-9(10)7-8(3)5-2/h6-7H,4-5H2,1-3H3. The van der Waals surface area contributed by atoms with Crippen molar-refractivity contribution in [2.75, 3.05) is 0 Å². The number of hydrogen-bond donors (Lipinski definition) is 0. The van der Waals surface area contributed by atoms with Gasteiger partial charge in [-0.15, -0.1) is 0 Å². The highest BCUT2D eigenvalue weighted by molar-refractivity contribution is 5.15. The van der Waals surface area contributed by atoms with Gasteiger partial charge in [-0.1, -0.05) is 19.4 Å². The molecule has 0 aromatic heterocycles. The molecular weight excluding hydrogens is 127 g/mol. The van der Waals surface area contributed by atoms with Crippen molar-refractivity contribution >= 4 is 0 Å². The highest BCUT2D eigenvalue weighted by Crippen LogP contribution is 2.06. The molecule has 0 radical (unpaired) electrons. The molecule has 0 aliphatic rings. The molecular formula is C9H15F. The maximum absolute atomic E-state index is 12.6. The van der Waals surface area contributed by atoms with E-state index in [1.165, 1.54) is 0 Å². The van der Waals surface area contributed by atoms with E-state index in [4.69, 9.17) is 0 Å². The Morgan fingerprint density at radius 2 is 2.00 bits per heavy atom. The molecule has 0 N–H and O–H groups in total. The molecule has 0 aliphatic carbocycles. The van der Waals surface area contributed by atoms with E-state index in [-0.39, 0.29) is 5.83 Å². The molecule has 0 spiro atoms. The number of rotatable bonds is 3. The third-order valence-corrected chi connectivity index (χ3v) is 1.34. The van der Waals surface area contributed by atoms with Crippen LogP contribution in [-0.2, 0) is 0 Å². The molecule has 58 valence electrons. The Morgan fingerprint density at radius 1 is 1.40 bits per heavy atom. The Balaban J connectivity index is 3.98. The van der Waals surface area contributed by atoms with Crippen molar-refractivity contribution in [3.05, 3.63) is 23.6 Å². The Bertz CT molecular complexity index is 143. The average molecular weight is 142 g/mol. The molecule has 0 rings (SSSR count). The fraction of sp³-hybridized carbons (Fsp3) is 0.556. The second kappa shape index (κ2) is 5.21. The molecule has 0 heterocycles. The van der Waals surface area contributed by atoms with Crippen molar-refractivity contribution in [2.24, 2.45) is 0 Å². The van der Waals surface area contributed by atoms with E-state index < -0.39 is 0 Å². The third kappa shape index (κ3) is 4.30. The topological polar surface area (TPSA) is 0 Å². The van der Waals surface area contributed by atoms with Gasteiger partial charge < -0.3 is 0 Å². The zero-order valence-electron chi connectivity index (χ0n) is 6.95. The quantitative estimate of drug-likeness (QED) is 0.528. The van der Waals surface area contributed by atoms with Crippen LogP contribution >= 0.6 is 0 Å².